The molecule has 4 aromatic rings. The number of carbonyl (C=O) groups excluding carboxylic acids is 2. The summed E-state index contributed by atoms with van der Waals surface area (Å²) in [5, 5.41) is 11.9. The predicted octanol–water partition coefficient (Wildman–Crippen LogP) is 8.57. The number of nitro benzene ring substituents is 1. The molecule has 294 valence electrons. The number of rotatable bonds is 16. The average Bonchev–Trinajstić information content (AvgIpc) is 3.10. The Bertz CT molecular complexity index is 2120. The molecule has 0 aliphatic heterocycles. The highest BCUT2D eigenvalue weighted by Crippen LogP contribution is 2.35. The Balaban J connectivity index is 1.67. The first-order chi connectivity index (χ1) is 25.8. The summed E-state index contributed by atoms with van der Waals surface area (Å²) in [7, 11) is -4.62. The monoisotopic (exact) mass is 775 g/mol. The van der Waals surface area contributed by atoms with Gasteiger partial charge in [0, 0.05) is 24.9 Å². The van der Waals surface area contributed by atoms with Gasteiger partial charge in [-0.05, 0) is 118 Å². The van der Waals surface area contributed by atoms with Crippen LogP contribution in [0.2, 0.25) is 0 Å². The summed E-state index contributed by atoms with van der Waals surface area (Å²) in [5.41, 5.74) is 2.89. The number of benzene rings is 4. The second kappa shape index (κ2) is 17.9. The molecule has 4 rings (SSSR count). The highest BCUT2D eigenvalue weighted by molar-refractivity contribution is 7.93. The lowest BCUT2D eigenvalue weighted by molar-refractivity contribution is -0.387. The molecule has 1 amide bonds. The van der Waals surface area contributed by atoms with E-state index in [-0.39, 0.29) is 42.5 Å². The standard InChI is InChI=1S/C42H50FN3O8S/c1-9-44(41(48)28(2)3)21-22-53-35-23-29(4)40(30(5)24-35)33-14-12-13-31(25-33)27-45(55(51,52)38-16-11-10-15-37(38)46(49)50)34-19-17-32(36(43)26-34)18-20-39(47)54-42(6,7)8/h10-17,19,23-26,28H,9,18,20-22,27H2,1-8H3. The minimum absolute atomic E-state index is 0.0253. The quantitative estimate of drug-likeness (QED) is 0.0628. The Morgan fingerprint density at radius 1 is 0.945 bits per heavy atom. The van der Waals surface area contributed by atoms with E-state index in [4.69, 9.17) is 9.47 Å². The summed E-state index contributed by atoms with van der Waals surface area (Å²) in [5.74, 6) is -0.615. The maximum atomic E-state index is 15.6. The molecule has 0 saturated heterocycles. The van der Waals surface area contributed by atoms with E-state index < -0.39 is 42.9 Å². The van der Waals surface area contributed by atoms with Crippen molar-refractivity contribution in [3.05, 3.63) is 117 Å². The van der Waals surface area contributed by atoms with Crippen LogP contribution in [0.25, 0.3) is 11.1 Å². The van der Waals surface area contributed by atoms with E-state index in [9.17, 15) is 28.1 Å². The Morgan fingerprint density at radius 3 is 2.22 bits per heavy atom. The van der Waals surface area contributed by atoms with Crippen molar-refractivity contribution < 1.29 is 36.8 Å². The van der Waals surface area contributed by atoms with Gasteiger partial charge in [-0.25, -0.2) is 12.8 Å². The number of para-hydroxylation sites is 1. The number of sulfonamides is 1. The maximum absolute atomic E-state index is 15.6. The molecule has 0 unspecified atom stereocenters. The molecule has 0 bridgehead atoms. The number of nitro groups is 1. The fourth-order valence-electron chi connectivity index (χ4n) is 6.30. The third kappa shape index (κ3) is 10.9. The third-order valence-corrected chi connectivity index (χ3v) is 10.7. The van der Waals surface area contributed by atoms with Gasteiger partial charge in [0.05, 0.1) is 23.7 Å². The molecular formula is C42H50FN3O8S. The van der Waals surface area contributed by atoms with Gasteiger partial charge in [-0.1, -0.05) is 50.2 Å². The Morgan fingerprint density at radius 2 is 1.62 bits per heavy atom. The molecule has 0 N–H and O–H groups in total. The van der Waals surface area contributed by atoms with Crippen LogP contribution in [0.5, 0.6) is 5.75 Å². The molecule has 0 aliphatic carbocycles. The van der Waals surface area contributed by atoms with Gasteiger partial charge in [0.25, 0.3) is 15.7 Å². The van der Waals surface area contributed by atoms with Crippen molar-refractivity contribution in [1.82, 2.24) is 4.90 Å². The zero-order chi connectivity index (χ0) is 40.7. The normalized spacial score (nSPS) is 11.7. The van der Waals surface area contributed by atoms with Gasteiger partial charge in [0.1, 0.15) is 23.8 Å². The number of amides is 1. The highest BCUT2D eigenvalue weighted by atomic mass is 32.2. The predicted molar refractivity (Wildman–Crippen MR) is 211 cm³/mol. The van der Waals surface area contributed by atoms with Crippen molar-refractivity contribution in [3.63, 3.8) is 0 Å². The molecule has 0 fully saturated rings. The van der Waals surface area contributed by atoms with Gasteiger partial charge in [0.15, 0.2) is 4.90 Å². The number of hydrogen-bond acceptors (Lipinski definition) is 8. The van der Waals surface area contributed by atoms with Crippen molar-refractivity contribution in [2.75, 3.05) is 24.0 Å². The Labute approximate surface area is 323 Å². The van der Waals surface area contributed by atoms with Crippen LogP contribution in [-0.4, -0.2) is 55.4 Å². The van der Waals surface area contributed by atoms with E-state index in [0.29, 0.717) is 31.0 Å². The van der Waals surface area contributed by atoms with Crippen molar-refractivity contribution in [2.24, 2.45) is 5.92 Å². The van der Waals surface area contributed by atoms with Crippen LogP contribution in [0.3, 0.4) is 0 Å². The molecular weight excluding hydrogens is 726 g/mol. The van der Waals surface area contributed by atoms with Crippen LogP contribution in [-0.2, 0) is 37.3 Å². The molecule has 0 spiro atoms. The van der Waals surface area contributed by atoms with E-state index in [1.807, 2.05) is 58.9 Å². The van der Waals surface area contributed by atoms with E-state index in [1.165, 1.54) is 24.3 Å². The molecule has 0 aromatic heterocycles. The largest absolute Gasteiger partial charge is 0.492 e. The van der Waals surface area contributed by atoms with Gasteiger partial charge in [-0.15, -0.1) is 0 Å². The molecule has 13 heteroatoms. The van der Waals surface area contributed by atoms with Gasteiger partial charge in [-0.3, -0.25) is 24.0 Å². The van der Waals surface area contributed by atoms with Crippen LogP contribution in [0.4, 0.5) is 15.8 Å². The molecule has 4 aromatic carbocycles. The van der Waals surface area contributed by atoms with E-state index in [2.05, 4.69) is 0 Å². The number of aryl methyl sites for hydroxylation is 3. The molecule has 0 aliphatic rings. The maximum Gasteiger partial charge on any atom is 0.306 e. The summed E-state index contributed by atoms with van der Waals surface area (Å²) in [6.45, 7) is 15.9. The average molecular weight is 776 g/mol. The first kappa shape index (κ1) is 42.4. The number of nitrogens with zero attached hydrogens (tertiary/aromatic N) is 3. The van der Waals surface area contributed by atoms with Crippen LogP contribution in [0, 0.1) is 35.7 Å². The first-order valence-corrected chi connectivity index (χ1v) is 19.6. The number of hydrogen-bond donors (Lipinski definition) is 0. The van der Waals surface area contributed by atoms with Crippen LogP contribution in [0.15, 0.2) is 83.8 Å². The Hall–Kier alpha value is -5.30. The summed E-state index contributed by atoms with van der Waals surface area (Å²) >= 11 is 0. The van der Waals surface area contributed by atoms with Crippen LogP contribution < -0.4 is 9.04 Å². The number of anilines is 1. The zero-order valence-electron chi connectivity index (χ0n) is 32.7. The lowest BCUT2D eigenvalue weighted by atomic mass is 9.94. The lowest BCUT2D eigenvalue weighted by Gasteiger charge is -2.25. The minimum Gasteiger partial charge on any atom is -0.492 e. The summed E-state index contributed by atoms with van der Waals surface area (Å²) < 4.78 is 56.6. The Kier molecular flexibility index (Phi) is 13.8. The number of esters is 1. The van der Waals surface area contributed by atoms with Gasteiger partial charge >= 0.3 is 5.97 Å². The smallest absolute Gasteiger partial charge is 0.306 e. The molecule has 11 nitrogen and oxygen atoms in total. The number of likely N-dealkylation sites (N-methyl/N-ethyl adjacent to an activating group) is 1. The molecule has 0 saturated carbocycles. The van der Waals surface area contributed by atoms with E-state index >= 15 is 4.39 Å². The van der Waals surface area contributed by atoms with Gasteiger partial charge in [-0.2, -0.15) is 0 Å². The summed E-state index contributed by atoms with van der Waals surface area (Å²) in [6, 6.07) is 20.0. The topological polar surface area (TPSA) is 136 Å². The van der Waals surface area contributed by atoms with Crippen molar-refractivity contribution in [2.45, 2.75) is 85.3 Å². The first-order valence-electron chi connectivity index (χ1n) is 18.2. The number of carbonyl (C=O) groups is 2. The van der Waals surface area contributed by atoms with Gasteiger partial charge < -0.3 is 14.4 Å². The van der Waals surface area contributed by atoms with E-state index in [0.717, 1.165) is 44.8 Å². The van der Waals surface area contributed by atoms with Crippen molar-refractivity contribution in [3.8, 4) is 16.9 Å². The third-order valence-electron chi connectivity index (χ3n) is 8.84. The second-order valence-electron chi connectivity index (χ2n) is 14.7. The van der Waals surface area contributed by atoms with Crippen LogP contribution in [0.1, 0.15) is 70.2 Å². The lowest BCUT2D eigenvalue weighted by Crippen LogP contribution is -2.37. The number of ether oxygens (including phenoxy) is 2. The van der Waals surface area contributed by atoms with Crippen molar-refractivity contribution in [1.29, 1.82) is 0 Å². The molecule has 55 heavy (non-hydrogen) atoms. The minimum atomic E-state index is -4.62. The SMILES string of the molecule is CCN(CCOc1cc(C)c(-c2cccc(CN(c3ccc(CCC(=O)OC(C)(C)C)c(F)c3)S(=O)(=O)c3ccccc3[N+](=O)[O-])c2)c(C)c1)C(=O)C(C)C. The van der Waals surface area contributed by atoms with Crippen molar-refractivity contribution >= 4 is 33.3 Å². The highest BCUT2D eigenvalue weighted by Gasteiger charge is 2.32. The van der Waals surface area contributed by atoms with Crippen LogP contribution >= 0.6 is 0 Å². The molecule has 0 radical (unpaired) electrons. The molecule has 0 heterocycles. The van der Waals surface area contributed by atoms with E-state index in [1.54, 1.807) is 37.8 Å². The zero-order valence-corrected chi connectivity index (χ0v) is 33.5. The number of halogens is 1. The fourth-order valence-corrected chi connectivity index (χ4v) is 7.90. The summed E-state index contributed by atoms with van der Waals surface area (Å²) in [6.07, 6.45) is -0.0568. The van der Waals surface area contributed by atoms with Gasteiger partial charge in [0.2, 0.25) is 5.91 Å². The molecule has 0 atom stereocenters. The summed E-state index contributed by atoms with van der Waals surface area (Å²) in [4.78, 5) is 37.1. The fraction of sp³-hybridized carbons (Fsp3) is 0.381. The second-order valence-corrected chi connectivity index (χ2v) is 16.5.